The molecule has 1 aromatic rings. The Kier molecular flexibility index (Phi) is 3.59. The van der Waals surface area contributed by atoms with E-state index in [0.29, 0.717) is 6.54 Å². The summed E-state index contributed by atoms with van der Waals surface area (Å²) >= 11 is 1.61. The Bertz CT molecular complexity index is 261. The van der Waals surface area contributed by atoms with Gasteiger partial charge in [-0.05, 0) is 37.5 Å². The number of nitrogens with two attached hydrogens (primary N) is 1. The lowest BCUT2D eigenvalue weighted by atomic mass is 10.1. The fraction of sp³-hybridized carbons (Fsp3) is 0.333. The first-order valence-corrected chi connectivity index (χ1v) is 4.72. The Balaban J connectivity index is 2.94. The molecule has 0 saturated carbocycles. The molecule has 0 saturated heterocycles. The fourth-order valence-corrected chi connectivity index (χ4v) is 1.71. The minimum absolute atomic E-state index is 0.603. The van der Waals surface area contributed by atoms with E-state index in [1.165, 1.54) is 16.0 Å². The minimum Gasteiger partial charge on any atom is -0.326 e. The molecule has 0 atom stereocenters. The van der Waals surface area contributed by atoms with E-state index in [2.05, 4.69) is 29.8 Å². The van der Waals surface area contributed by atoms with Gasteiger partial charge in [0.25, 0.3) is 0 Å². The van der Waals surface area contributed by atoms with E-state index in [-0.39, 0.29) is 0 Å². The van der Waals surface area contributed by atoms with Crippen LogP contribution in [0.15, 0.2) is 23.1 Å². The molecule has 0 fully saturated rings. The molecule has 0 radical (unpaired) electrons. The molecule has 0 aliphatic heterocycles. The average Bonchev–Trinajstić information content (AvgIpc) is 2.08. The van der Waals surface area contributed by atoms with Gasteiger partial charge in [0.15, 0.2) is 0 Å². The van der Waals surface area contributed by atoms with Gasteiger partial charge in [-0.15, -0.1) is 0 Å². The van der Waals surface area contributed by atoms with Crippen molar-refractivity contribution < 1.29 is 0 Å². The van der Waals surface area contributed by atoms with Crippen molar-refractivity contribution >= 4 is 11.9 Å². The van der Waals surface area contributed by atoms with Crippen molar-refractivity contribution in [1.82, 2.24) is 4.72 Å². The summed E-state index contributed by atoms with van der Waals surface area (Å²) < 4.78 is 3.04. The molecular formula is C9H14N2S. The highest BCUT2D eigenvalue weighted by Crippen LogP contribution is 2.20. The summed E-state index contributed by atoms with van der Waals surface area (Å²) in [5.74, 6) is 0. The second-order valence-corrected chi connectivity index (χ2v) is 3.67. The van der Waals surface area contributed by atoms with Crippen LogP contribution in [0.25, 0.3) is 0 Å². The predicted octanol–water partition coefficient (Wildman–Crippen LogP) is 1.68. The van der Waals surface area contributed by atoms with Gasteiger partial charge in [-0.1, -0.05) is 17.7 Å². The summed E-state index contributed by atoms with van der Waals surface area (Å²) in [5.41, 5.74) is 8.07. The van der Waals surface area contributed by atoms with E-state index in [1.54, 1.807) is 11.9 Å². The highest BCUT2D eigenvalue weighted by molar-refractivity contribution is 7.97. The lowest BCUT2D eigenvalue weighted by Gasteiger charge is -2.06. The summed E-state index contributed by atoms with van der Waals surface area (Å²) in [6.45, 7) is 2.68. The largest absolute Gasteiger partial charge is 0.326 e. The molecule has 0 amide bonds. The number of nitrogens with one attached hydrogen (secondary N) is 1. The molecule has 1 rings (SSSR count). The van der Waals surface area contributed by atoms with Crippen LogP contribution in [0.1, 0.15) is 11.1 Å². The summed E-state index contributed by atoms with van der Waals surface area (Å²) in [5, 5.41) is 0. The molecule has 0 unspecified atom stereocenters. The molecule has 0 bridgehead atoms. The molecule has 1 aromatic carbocycles. The van der Waals surface area contributed by atoms with Crippen molar-refractivity contribution in [2.45, 2.75) is 18.4 Å². The monoisotopic (exact) mass is 182 g/mol. The standard InChI is InChI=1S/C9H14N2S/c1-7-3-4-9(12-11-2)8(5-7)6-10/h3-5,11H,6,10H2,1-2H3. The van der Waals surface area contributed by atoms with Gasteiger partial charge in [-0.3, -0.25) is 4.72 Å². The molecule has 3 heteroatoms. The second kappa shape index (κ2) is 4.50. The topological polar surface area (TPSA) is 38.0 Å². The van der Waals surface area contributed by atoms with Gasteiger partial charge in [0, 0.05) is 11.4 Å². The van der Waals surface area contributed by atoms with E-state index in [4.69, 9.17) is 5.73 Å². The minimum atomic E-state index is 0.603. The quantitative estimate of drug-likeness (QED) is 0.698. The van der Waals surface area contributed by atoms with Gasteiger partial charge in [-0.2, -0.15) is 0 Å². The van der Waals surface area contributed by atoms with Crippen molar-refractivity contribution in [3.05, 3.63) is 29.3 Å². The molecule has 66 valence electrons. The van der Waals surface area contributed by atoms with Crippen molar-refractivity contribution in [3.63, 3.8) is 0 Å². The van der Waals surface area contributed by atoms with Crippen molar-refractivity contribution in [1.29, 1.82) is 0 Å². The Morgan fingerprint density at radius 3 is 2.83 bits per heavy atom. The van der Waals surface area contributed by atoms with Gasteiger partial charge in [-0.25, -0.2) is 0 Å². The molecule has 3 N–H and O–H groups in total. The van der Waals surface area contributed by atoms with Crippen LogP contribution < -0.4 is 10.5 Å². The summed E-state index contributed by atoms with van der Waals surface area (Å²) in [6, 6.07) is 6.32. The second-order valence-electron chi connectivity index (χ2n) is 2.62. The summed E-state index contributed by atoms with van der Waals surface area (Å²) in [6.07, 6.45) is 0. The maximum atomic E-state index is 5.61. The number of hydrogen-bond acceptors (Lipinski definition) is 3. The Hall–Kier alpha value is -0.510. The predicted molar refractivity (Wildman–Crippen MR) is 54.0 cm³/mol. The molecular weight excluding hydrogens is 168 g/mol. The third-order valence-electron chi connectivity index (χ3n) is 1.65. The molecule has 0 aromatic heterocycles. The highest BCUT2D eigenvalue weighted by Gasteiger charge is 1.99. The Morgan fingerprint density at radius 1 is 1.50 bits per heavy atom. The van der Waals surface area contributed by atoms with E-state index in [9.17, 15) is 0 Å². The molecule has 0 aliphatic carbocycles. The highest BCUT2D eigenvalue weighted by atomic mass is 32.2. The van der Waals surface area contributed by atoms with Crippen LogP contribution in [0, 0.1) is 6.92 Å². The first-order valence-electron chi connectivity index (χ1n) is 3.91. The van der Waals surface area contributed by atoms with Crippen molar-refractivity contribution in [3.8, 4) is 0 Å². The van der Waals surface area contributed by atoms with E-state index in [0.717, 1.165) is 0 Å². The Morgan fingerprint density at radius 2 is 2.25 bits per heavy atom. The SMILES string of the molecule is CNSc1ccc(C)cc1CN. The van der Waals surface area contributed by atoms with Crippen LogP contribution in [0.2, 0.25) is 0 Å². The maximum Gasteiger partial charge on any atom is 0.0273 e. The lowest BCUT2D eigenvalue weighted by molar-refractivity contribution is 1.02. The van der Waals surface area contributed by atoms with Crippen LogP contribution in [0.3, 0.4) is 0 Å². The lowest BCUT2D eigenvalue weighted by Crippen LogP contribution is -2.01. The third-order valence-corrected chi connectivity index (χ3v) is 2.47. The number of benzene rings is 1. The van der Waals surface area contributed by atoms with Crippen LogP contribution in [0.4, 0.5) is 0 Å². The average molecular weight is 182 g/mol. The van der Waals surface area contributed by atoms with E-state index < -0.39 is 0 Å². The van der Waals surface area contributed by atoms with Gasteiger partial charge in [0.1, 0.15) is 0 Å². The van der Waals surface area contributed by atoms with Crippen molar-refractivity contribution in [2.75, 3.05) is 7.05 Å². The number of aryl methyl sites for hydroxylation is 1. The zero-order chi connectivity index (χ0) is 8.97. The van der Waals surface area contributed by atoms with Gasteiger partial charge >= 0.3 is 0 Å². The van der Waals surface area contributed by atoms with Gasteiger partial charge < -0.3 is 5.73 Å². The van der Waals surface area contributed by atoms with Crippen LogP contribution in [0.5, 0.6) is 0 Å². The van der Waals surface area contributed by atoms with E-state index >= 15 is 0 Å². The van der Waals surface area contributed by atoms with Crippen LogP contribution >= 0.6 is 11.9 Å². The zero-order valence-electron chi connectivity index (χ0n) is 7.42. The molecule has 12 heavy (non-hydrogen) atoms. The van der Waals surface area contributed by atoms with Crippen molar-refractivity contribution in [2.24, 2.45) is 5.73 Å². The normalized spacial score (nSPS) is 10.2. The number of rotatable bonds is 3. The summed E-state index contributed by atoms with van der Waals surface area (Å²) in [4.78, 5) is 1.21. The van der Waals surface area contributed by atoms with Gasteiger partial charge in [0.05, 0.1) is 0 Å². The van der Waals surface area contributed by atoms with E-state index in [1.807, 2.05) is 7.05 Å². The molecule has 0 spiro atoms. The fourth-order valence-electron chi connectivity index (χ4n) is 1.08. The van der Waals surface area contributed by atoms with Crippen LogP contribution in [-0.2, 0) is 6.54 Å². The first kappa shape index (κ1) is 9.58. The molecule has 0 aliphatic rings. The molecule has 0 heterocycles. The summed E-state index contributed by atoms with van der Waals surface area (Å²) in [7, 11) is 1.91. The Labute approximate surface area is 77.7 Å². The molecule has 2 nitrogen and oxygen atoms in total. The van der Waals surface area contributed by atoms with Crippen LogP contribution in [-0.4, -0.2) is 7.05 Å². The smallest absolute Gasteiger partial charge is 0.0273 e. The maximum absolute atomic E-state index is 5.61. The van der Waals surface area contributed by atoms with Gasteiger partial charge in [0.2, 0.25) is 0 Å². The third kappa shape index (κ3) is 2.24. The first-order chi connectivity index (χ1) is 5.77. The number of hydrogen-bond donors (Lipinski definition) is 2. The zero-order valence-corrected chi connectivity index (χ0v) is 8.24.